The molecular weight excluding hydrogens is 374 g/mol. The summed E-state index contributed by atoms with van der Waals surface area (Å²) in [6.45, 7) is 4.13. The quantitative estimate of drug-likeness (QED) is 0.762. The van der Waals surface area contributed by atoms with Gasteiger partial charge in [-0.1, -0.05) is 6.07 Å². The summed E-state index contributed by atoms with van der Waals surface area (Å²) in [5.74, 6) is 2.40. The van der Waals surface area contributed by atoms with Crippen molar-refractivity contribution in [3.8, 4) is 11.5 Å². The van der Waals surface area contributed by atoms with E-state index in [1.54, 1.807) is 0 Å². The summed E-state index contributed by atoms with van der Waals surface area (Å²) in [4.78, 5) is 31.2. The van der Waals surface area contributed by atoms with Gasteiger partial charge in [-0.05, 0) is 49.5 Å². The van der Waals surface area contributed by atoms with Crippen LogP contribution in [0.1, 0.15) is 24.3 Å². The van der Waals surface area contributed by atoms with Crippen LogP contribution >= 0.6 is 0 Å². The van der Waals surface area contributed by atoms with Crippen LogP contribution in [0.5, 0.6) is 11.5 Å². The molecule has 2 amide bonds. The summed E-state index contributed by atoms with van der Waals surface area (Å²) in [6, 6.07) is 6.73. The van der Waals surface area contributed by atoms with Gasteiger partial charge in [0.05, 0.1) is 12.6 Å². The number of ether oxygens (including phenoxy) is 3. The molecule has 0 spiro atoms. The van der Waals surface area contributed by atoms with Gasteiger partial charge < -0.3 is 19.1 Å². The maximum Gasteiger partial charge on any atom is 0.410 e. The molecule has 1 aromatic carbocycles. The standard InChI is InChI=1S/C21H25N3O5/c25-18(11-23-7-8-27-21(23)26)24-10-15(14-1-2-16-17(9-14)29-12-28-16)20-19(24)13-3-5-22(20)6-4-13/h1-2,9,13,15,19-20H,3-8,10-12H2/t15-,19+,20+/m1/s1. The van der Waals surface area contributed by atoms with Gasteiger partial charge in [0.25, 0.3) is 0 Å². The number of carbonyl (C=O) groups excluding carboxylic acids is 2. The lowest BCUT2D eigenvalue weighted by Crippen LogP contribution is -2.61. The molecular formula is C21H25N3O5. The Kier molecular flexibility index (Phi) is 3.91. The molecule has 0 saturated carbocycles. The molecule has 0 N–H and O–H groups in total. The maximum absolute atomic E-state index is 13.3. The largest absolute Gasteiger partial charge is 0.454 e. The Labute approximate surface area is 169 Å². The number of rotatable bonds is 3. The van der Waals surface area contributed by atoms with Crippen molar-refractivity contribution >= 4 is 12.0 Å². The smallest absolute Gasteiger partial charge is 0.410 e. The fourth-order valence-electron chi connectivity index (χ4n) is 5.96. The van der Waals surface area contributed by atoms with Crippen LogP contribution < -0.4 is 9.47 Å². The number of hydrogen-bond acceptors (Lipinski definition) is 6. The molecule has 29 heavy (non-hydrogen) atoms. The maximum atomic E-state index is 13.3. The van der Waals surface area contributed by atoms with Gasteiger partial charge in [-0.3, -0.25) is 14.6 Å². The lowest BCUT2D eigenvalue weighted by molar-refractivity contribution is -0.136. The molecule has 154 valence electrons. The van der Waals surface area contributed by atoms with Crippen molar-refractivity contribution in [3.05, 3.63) is 23.8 Å². The van der Waals surface area contributed by atoms with E-state index in [4.69, 9.17) is 14.2 Å². The molecule has 6 aliphatic rings. The summed E-state index contributed by atoms with van der Waals surface area (Å²) in [7, 11) is 0. The highest BCUT2D eigenvalue weighted by Crippen LogP contribution is 2.47. The second-order valence-electron chi connectivity index (χ2n) is 8.66. The lowest BCUT2D eigenvalue weighted by atomic mass is 9.75. The number of carbonyl (C=O) groups is 2. The highest BCUT2D eigenvalue weighted by atomic mass is 16.7. The van der Waals surface area contributed by atoms with Gasteiger partial charge in [0, 0.05) is 18.5 Å². The third kappa shape index (κ3) is 2.68. The van der Waals surface area contributed by atoms with E-state index in [2.05, 4.69) is 21.9 Å². The summed E-state index contributed by atoms with van der Waals surface area (Å²) >= 11 is 0. The first-order valence-corrected chi connectivity index (χ1v) is 10.5. The molecule has 0 radical (unpaired) electrons. The molecule has 5 saturated heterocycles. The Hall–Kier alpha value is -2.48. The summed E-state index contributed by atoms with van der Waals surface area (Å²) < 4.78 is 16.1. The molecule has 5 fully saturated rings. The predicted octanol–water partition coefficient (Wildman–Crippen LogP) is 1.26. The average molecular weight is 399 g/mol. The van der Waals surface area contributed by atoms with E-state index >= 15 is 0 Å². The van der Waals surface area contributed by atoms with Gasteiger partial charge in [-0.15, -0.1) is 0 Å². The van der Waals surface area contributed by atoms with Crippen LogP contribution in [0.4, 0.5) is 4.79 Å². The van der Waals surface area contributed by atoms with Crippen molar-refractivity contribution < 1.29 is 23.8 Å². The molecule has 2 bridgehead atoms. The Morgan fingerprint density at radius 2 is 1.86 bits per heavy atom. The number of fused-ring (bicyclic) bond motifs is 3. The third-order valence-corrected chi connectivity index (χ3v) is 7.31. The van der Waals surface area contributed by atoms with Crippen molar-refractivity contribution in [1.82, 2.24) is 14.7 Å². The van der Waals surface area contributed by atoms with Crippen LogP contribution in [0, 0.1) is 5.92 Å². The molecule has 8 nitrogen and oxygen atoms in total. The molecule has 6 aliphatic heterocycles. The van der Waals surface area contributed by atoms with Crippen molar-refractivity contribution in [1.29, 1.82) is 0 Å². The van der Waals surface area contributed by atoms with E-state index < -0.39 is 0 Å². The van der Waals surface area contributed by atoms with Crippen LogP contribution in [-0.2, 0) is 9.53 Å². The number of cyclic esters (lactones) is 1. The van der Waals surface area contributed by atoms with E-state index in [0.717, 1.165) is 37.4 Å². The van der Waals surface area contributed by atoms with E-state index in [-0.39, 0.29) is 37.3 Å². The number of hydrogen-bond donors (Lipinski definition) is 0. The Balaban J connectivity index is 1.30. The minimum Gasteiger partial charge on any atom is -0.454 e. The van der Waals surface area contributed by atoms with Crippen molar-refractivity contribution in [2.24, 2.45) is 5.92 Å². The van der Waals surface area contributed by atoms with Gasteiger partial charge in [-0.2, -0.15) is 0 Å². The first-order valence-electron chi connectivity index (χ1n) is 10.5. The van der Waals surface area contributed by atoms with E-state index in [1.807, 2.05) is 6.07 Å². The van der Waals surface area contributed by atoms with Crippen molar-refractivity contribution in [2.45, 2.75) is 30.8 Å². The molecule has 0 unspecified atom stereocenters. The predicted molar refractivity (Wildman–Crippen MR) is 102 cm³/mol. The molecule has 3 atom stereocenters. The zero-order valence-corrected chi connectivity index (χ0v) is 16.3. The molecule has 1 aromatic rings. The first-order chi connectivity index (χ1) is 14.2. The SMILES string of the molecule is O=C1OCCN1CC(=O)N1C[C@H](c2ccc3c(c2)OCO3)[C@H]2[C@@H]1C1CCN2CC1. The molecule has 0 aliphatic carbocycles. The van der Waals surface area contributed by atoms with Crippen LogP contribution in [0.3, 0.4) is 0 Å². The molecule has 6 heterocycles. The Bertz CT molecular complexity index is 853. The van der Waals surface area contributed by atoms with Crippen LogP contribution in [-0.4, -0.2) is 84.9 Å². The number of amides is 2. The van der Waals surface area contributed by atoms with Crippen LogP contribution in [0.2, 0.25) is 0 Å². The minimum atomic E-state index is -0.379. The van der Waals surface area contributed by atoms with Gasteiger partial charge in [0.1, 0.15) is 13.2 Å². The topological polar surface area (TPSA) is 71.5 Å². The van der Waals surface area contributed by atoms with Gasteiger partial charge >= 0.3 is 6.09 Å². The summed E-state index contributed by atoms with van der Waals surface area (Å²) in [5, 5.41) is 0. The van der Waals surface area contributed by atoms with E-state index in [0.29, 0.717) is 31.7 Å². The number of nitrogens with zero attached hydrogens (tertiary/aromatic N) is 3. The zero-order valence-electron chi connectivity index (χ0n) is 16.3. The van der Waals surface area contributed by atoms with Crippen LogP contribution in [0.25, 0.3) is 0 Å². The zero-order chi connectivity index (χ0) is 19.5. The number of piperidine rings is 3. The fraction of sp³-hybridized carbons (Fsp3) is 0.619. The van der Waals surface area contributed by atoms with Gasteiger partial charge in [0.2, 0.25) is 12.7 Å². The van der Waals surface area contributed by atoms with E-state index in [1.165, 1.54) is 10.5 Å². The second kappa shape index (κ2) is 6.52. The minimum absolute atomic E-state index is 0.0378. The van der Waals surface area contributed by atoms with Gasteiger partial charge in [-0.25, -0.2) is 4.79 Å². The average Bonchev–Trinajstić information content (AvgIpc) is 3.47. The summed E-state index contributed by atoms with van der Waals surface area (Å²) in [6.07, 6.45) is 1.91. The summed E-state index contributed by atoms with van der Waals surface area (Å²) in [5.41, 5.74) is 1.20. The van der Waals surface area contributed by atoms with Crippen molar-refractivity contribution in [3.63, 3.8) is 0 Å². The Morgan fingerprint density at radius 1 is 1.03 bits per heavy atom. The van der Waals surface area contributed by atoms with Crippen LogP contribution in [0.15, 0.2) is 18.2 Å². The first kappa shape index (κ1) is 17.4. The monoisotopic (exact) mass is 399 g/mol. The lowest BCUT2D eigenvalue weighted by Gasteiger charge is -2.51. The Morgan fingerprint density at radius 3 is 2.66 bits per heavy atom. The second-order valence-corrected chi connectivity index (χ2v) is 8.66. The number of benzene rings is 1. The fourth-order valence-corrected chi connectivity index (χ4v) is 5.96. The molecule has 8 heteroatoms. The highest BCUT2D eigenvalue weighted by Gasteiger charge is 2.54. The number of likely N-dealkylation sites (tertiary alicyclic amines) is 1. The molecule has 0 aromatic heterocycles. The molecule has 7 rings (SSSR count). The van der Waals surface area contributed by atoms with Crippen molar-refractivity contribution in [2.75, 3.05) is 46.1 Å². The third-order valence-electron chi connectivity index (χ3n) is 7.31. The van der Waals surface area contributed by atoms with E-state index in [9.17, 15) is 9.59 Å². The highest BCUT2D eigenvalue weighted by molar-refractivity contribution is 5.83. The van der Waals surface area contributed by atoms with Gasteiger partial charge in [0.15, 0.2) is 11.5 Å². The normalized spacial score (nSPS) is 34.5.